The van der Waals surface area contributed by atoms with E-state index in [2.05, 4.69) is 5.32 Å². The van der Waals surface area contributed by atoms with Gasteiger partial charge in [-0.1, -0.05) is 53.0 Å². The summed E-state index contributed by atoms with van der Waals surface area (Å²) in [6, 6.07) is 9.53. The summed E-state index contributed by atoms with van der Waals surface area (Å²) in [6.07, 6.45) is 0. The summed E-state index contributed by atoms with van der Waals surface area (Å²) in [5.41, 5.74) is 6.53. The van der Waals surface area contributed by atoms with E-state index in [0.29, 0.717) is 5.02 Å². The second kappa shape index (κ2) is 8.43. The van der Waals surface area contributed by atoms with Gasteiger partial charge in [0.15, 0.2) is 6.61 Å². The molecule has 0 saturated heterocycles. The standard InChI is InChI=1S/C17H15Cl3N2O3/c1-9(11-4-2-3-5-13(11)19)22-15(23)8-25-17(24)12-6-10(18)7-14(20)16(12)21/h2-7,9H,8,21H2,1H3,(H,22,23)/t9-/m0/s1. The Morgan fingerprint density at radius 3 is 2.52 bits per heavy atom. The molecular formula is C17H15Cl3N2O3. The molecule has 25 heavy (non-hydrogen) atoms. The fourth-order valence-electron chi connectivity index (χ4n) is 2.15. The number of carbonyl (C=O) groups excluding carboxylic acids is 2. The molecule has 2 rings (SSSR count). The summed E-state index contributed by atoms with van der Waals surface area (Å²) >= 11 is 17.8. The van der Waals surface area contributed by atoms with Gasteiger partial charge in [0.1, 0.15) is 0 Å². The zero-order chi connectivity index (χ0) is 18.6. The van der Waals surface area contributed by atoms with Crippen molar-refractivity contribution in [2.75, 3.05) is 12.3 Å². The second-order valence-electron chi connectivity index (χ2n) is 5.24. The minimum absolute atomic E-state index is 0.00412. The predicted molar refractivity (Wildman–Crippen MR) is 99.2 cm³/mol. The van der Waals surface area contributed by atoms with Gasteiger partial charge in [0.2, 0.25) is 0 Å². The number of amides is 1. The Hall–Kier alpha value is -1.95. The Kier molecular flexibility index (Phi) is 6.53. The van der Waals surface area contributed by atoms with Gasteiger partial charge in [0.05, 0.1) is 22.3 Å². The van der Waals surface area contributed by atoms with E-state index in [1.807, 2.05) is 6.07 Å². The Balaban J connectivity index is 1.96. The van der Waals surface area contributed by atoms with Crippen molar-refractivity contribution in [2.24, 2.45) is 0 Å². The zero-order valence-electron chi connectivity index (χ0n) is 13.2. The van der Waals surface area contributed by atoms with E-state index in [9.17, 15) is 9.59 Å². The van der Waals surface area contributed by atoms with Crippen LogP contribution in [0.4, 0.5) is 5.69 Å². The van der Waals surface area contributed by atoms with Gasteiger partial charge in [-0.2, -0.15) is 0 Å². The number of hydrogen-bond acceptors (Lipinski definition) is 4. The topological polar surface area (TPSA) is 81.4 Å². The maximum Gasteiger partial charge on any atom is 0.340 e. The third-order valence-electron chi connectivity index (χ3n) is 3.40. The molecule has 8 heteroatoms. The smallest absolute Gasteiger partial charge is 0.340 e. The predicted octanol–water partition coefficient (Wildman–Crippen LogP) is 4.26. The zero-order valence-corrected chi connectivity index (χ0v) is 15.5. The van der Waals surface area contributed by atoms with Crippen LogP contribution < -0.4 is 11.1 Å². The van der Waals surface area contributed by atoms with Crippen molar-refractivity contribution >= 4 is 52.4 Å². The second-order valence-corrected chi connectivity index (χ2v) is 6.49. The van der Waals surface area contributed by atoms with Gasteiger partial charge in [0, 0.05) is 10.0 Å². The molecular weight excluding hydrogens is 387 g/mol. The van der Waals surface area contributed by atoms with Gasteiger partial charge in [-0.05, 0) is 30.7 Å². The first kappa shape index (κ1) is 19.4. The highest BCUT2D eigenvalue weighted by Crippen LogP contribution is 2.28. The molecule has 1 amide bonds. The molecule has 0 heterocycles. The van der Waals surface area contributed by atoms with Crippen molar-refractivity contribution in [3.05, 3.63) is 62.6 Å². The molecule has 2 aromatic carbocycles. The van der Waals surface area contributed by atoms with Crippen LogP contribution in [0.3, 0.4) is 0 Å². The maximum atomic E-state index is 12.1. The summed E-state index contributed by atoms with van der Waals surface area (Å²) in [6.45, 7) is 1.30. The quantitative estimate of drug-likeness (QED) is 0.579. The first-order valence-corrected chi connectivity index (χ1v) is 8.38. The summed E-state index contributed by atoms with van der Waals surface area (Å²) in [5.74, 6) is -1.27. The van der Waals surface area contributed by atoms with Crippen LogP contribution in [0.2, 0.25) is 15.1 Å². The van der Waals surface area contributed by atoms with E-state index in [1.165, 1.54) is 12.1 Å². The van der Waals surface area contributed by atoms with E-state index >= 15 is 0 Å². The molecule has 0 unspecified atom stereocenters. The molecule has 2 aromatic rings. The number of hydrogen-bond donors (Lipinski definition) is 2. The molecule has 0 bridgehead atoms. The number of nitrogens with one attached hydrogen (secondary N) is 1. The van der Waals surface area contributed by atoms with Gasteiger partial charge in [-0.15, -0.1) is 0 Å². The molecule has 0 spiro atoms. The molecule has 0 radical (unpaired) electrons. The summed E-state index contributed by atoms with van der Waals surface area (Å²) in [7, 11) is 0. The summed E-state index contributed by atoms with van der Waals surface area (Å²) in [5, 5.41) is 3.61. The summed E-state index contributed by atoms with van der Waals surface area (Å²) < 4.78 is 4.97. The molecule has 0 aliphatic carbocycles. The van der Waals surface area contributed by atoms with Crippen LogP contribution in [0.5, 0.6) is 0 Å². The lowest BCUT2D eigenvalue weighted by atomic mass is 10.1. The first-order chi connectivity index (χ1) is 11.8. The van der Waals surface area contributed by atoms with Crippen molar-refractivity contribution in [1.29, 1.82) is 0 Å². The molecule has 0 saturated carbocycles. The Morgan fingerprint density at radius 2 is 1.84 bits per heavy atom. The van der Waals surface area contributed by atoms with Gasteiger partial charge >= 0.3 is 5.97 Å². The van der Waals surface area contributed by atoms with Crippen LogP contribution in [0.15, 0.2) is 36.4 Å². The third kappa shape index (κ3) is 5.01. The van der Waals surface area contributed by atoms with Crippen LogP contribution in [-0.2, 0) is 9.53 Å². The maximum absolute atomic E-state index is 12.1. The Labute approximate surface area is 160 Å². The van der Waals surface area contributed by atoms with Gasteiger partial charge < -0.3 is 15.8 Å². The lowest BCUT2D eigenvalue weighted by Gasteiger charge is -2.16. The highest BCUT2D eigenvalue weighted by molar-refractivity contribution is 6.37. The minimum atomic E-state index is -0.789. The van der Waals surface area contributed by atoms with Crippen molar-refractivity contribution in [3.8, 4) is 0 Å². The van der Waals surface area contributed by atoms with Gasteiger partial charge in [-0.3, -0.25) is 4.79 Å². The van der Waals surface area contributed by atoms with Crippen molar-refractivity contribution in [3.63, 3.8) is 0 Å². The molecule has 3 N–H and O–H groups in total. The van der Waals surface area contributed by atoms with Crippen molar-refractivity contribution in [2.45, 2.75) is 13.0 Å². The minimum Gasteiger partial charge on any atom is -0.452 e. The Bertz CT molecular complexity index is 812. The number of esters is 1. The van der Waals surface area contributed by atoms with E-state index in [4.69, 9.17) is 45.3 Å². The average molecular weight is 402 g/mol. The van der Waals surface area contributed by atoms with Crippen molar-refractivity contribution < 1.29 is 14.3 Å². The molecule has 0 aliphatic heterocycles. The molecule has 132 valence electrons. The van der Waals surface area contributed by atoms with E-state index < -0.39 is 18.5 Å². The Morgan fingerprint density at radius 1 is 1.16 bits per heavy atom. The largest absolute Gasteiger partial charge is 0.452 e. The number of halogens is 3. The van der Waals surface area contributed by atoms with Crippen LogP contribution in [0.25, 0.3) is 0 Å². The number of nitrogen functional groups attached to an aromatic ring is 1. The molecule has 0 fully saturated rings. The van der Waals surface area contributed by atoms with Crippen LogP contribution in [0.1, 0.15) is 28.9 Å². The lowest BCUT2D eigenvalue weighted by molar-refractivity contribution is -0.124. The molecule has 1 atom stereocenters. The van der Waals surface area contributed by atoms with E-state index in [-0.39, 0.29) is 27.3 Å². The number of ether oxygens (including phenoxy) is 1. The van der Waals surface area contributed by atoms with Crippen LogP contribution >= 0.6 is 34.8 Å². The normalized spacial score (nSPS) is 11.7. The molecule has 0 aromatic heterocycles. The monoisotopic (exact) mass is 400 g/mol. The SMILES string of the molecule is C[C@H](NC(=O)COC(=O)c1cc(Cl)cc(Cl)c1N)c1ccccc1Cl. The van der Waals surface area contributed by atoms with Gasteiger partial charge in [0.25, 0.3) is 5.91 Å². The number of benzene rings is 2. The highest BCUT2D eigenvalue weighted by Gasteiger charge is 2.18. The number of nitrogens with two attached hydrogens (primary N) is 1. The highest BCUT2D eigenvalue weighted by atomic mass is 35.5. The van der Waals surface area contributed by atoms with E-state index in [0.717, 1.165) is 5.56 Å². The third-order valence-corrected chi connectivity index (χ3v) is 4.27. The molecule has 5 nitrogen and oxygen atoms in total. The fourth-order valence-corrected chi connectivity index (χ4v) is 2.94. The van der Waals surface area contributed by atoms with Gasteiger partial charge in [-0.25, -0.2) is 4.79 Å². The number of carbonyl (C=O) groups is 2. The fraction of sp³-hybridized carbons (Fsp3) is 0.176. The van der Waals surface area contributed by atoms with Crippen molar-refractivity contribution in [1.82, 2.24) is 5.32 Å². The van der Waals surface area contributed by atoms with Crippen LogP contribution in [-0.4, -0.2) is 18.5 Å². The summed E-state index contributed by atoms with van der Waals surface area (Å²) in [4.78, 5) is 24.0. The lowest BCUT2D eigenvalue weighted by Crippen LogP contribution is -2.31. The number of rotatable bonds is 5. The average Bonchev–Trinajstić information content (AvgIpc) is 2.56. The van der Waals surface area contributed by atoms with Crippen LogP contribution in [0, 0.1) is 0 Å². The molecule has 0 aliphatic rings. The first-order valence-electron chi connectivity index (χ1n) is 7.25. The van der Waals surface area contributed by atoms with E-state index in [1.54, 1.807) is 25.1 Å². The number of anilines is 1.